The second-order valence-electron chi connectivity index (χ2n) is 4.59. The van der Waals surface area contributed by atoms with E-state index in [1.807, 2.05) is 6.92 Å². The predicted molar refractivity (Wildman–Crippen MR) is 72.8 cm³/mol. The van der Waals surface area contributed by atoms with Crippen molar-refractivity contribution in [3.63, 3.8) is 0 Å². The molecule has 0 aliphatic carbocycles. The van der Waals surface area contributed by atoms with Gasteiger partial charge in [-0.25, -0.2) is 21.9 Å². The lowest BCUT2D eigenvalue weighted by Crippen LogP contribution is -2.28. The first kappa shape index (κ1) is 16.6. The van der Waals surface area contributed by atoms with Crippen molar-refractivity contribution in [2.24, 2.45) is 0 Å². The molecular formula is C13H18FNO4S. The van der Waals surface area contributed by atoms with Crippen molar-refractivity contribution in [3.05, 3.63) is 29.1 Å². The van der Waals surface area contributed by atoms with Crippen LogP contribution in [0.5, 0.6) is 0 Å². The van der Waals surface area contributed by atoms with Crippen molar-refractivity contribution < 1.29 is 22.7 Å². The predicted octanol–water partition coefficient (Wildman–Crippen LogP) is 2.25. The molecule has 0 aromatic heterocycles. The van der Waals surface area contributed by atoms with Crippen molar-refractivity contribution in [3.8, 4) is 0 Å². The number of aromatic carboxylic acids is 1. The summed E-state index contributed by atoms with van der Waals surface area (Å²) >= 11 is 0. The van der Waals surface area contributed by atoms with Gasteiger partial charge in [0.1, 0.15) is 5.82 Å². The zero-order chi connectivity index (χ0) is 15.5. The van der Waals surface area contributed by atoms with Crippen LogP contribution in [0, 0.1) is 12.7 Å². The number of rotatable bonds is 6. The third kappa shape index (κ3) is 3.34. The maximum atomic E-state index is 13.6. The van der Waals surface area contributed by atoms with E-state index in [0.717, 1.165) is 22.9 Å². The van der Waals surface area contributed by atoms with Crippen LogP contribution < -0.4 is 0 Å². The zero-order valence-corrected chi connectivity index (χ0v) is 12.5. The number of hydrogen-bond acceptors (Lipinski definition) is 3. The van der Waals surface area contributed by atoms with Crippen LogP contribution in [-0.4, -0.2) is 37.4 Å². The molecule has 0 aliphatic heterocycles. The number of nitrogens with zero attached hydrogens (tertiary/aromatic N) is 1. The van der Waals surface area contributed by atoms with Crippen molar-refractivity contribution >= 4 is 16.0 Å². The Morgan fingerprint density at radius 3 is 2.50 bits per heavy atom. The molecule has 5 nitrogen and oxygen atoms in total. The van der Waals surface area contributed by atoms with Gasteiger partial charge in [0.25, 0.3) is 0 Å². The zero-order valence-electron chi connectivity index (χ0n) is 11.7. The normalized spacial score (nSPS) is 11.8. The number of carboxylic acid groups (broad SMARTS) is 1. The Balaban J connectivity index is 3.29. The van der Waals surface area contributed by atoms with Crippen LogP contribution in [0.3, 0.4) is 0 Å². The molecule has 0 radical (unpaired) electrons. The molecule has 0 unspecified atom stereocenters. The molecular weight excluding hydrogens is 285 g/mol. The van der Waals surface area contributed by atoms with E-state index in [4.69, 9.17) is 5.11 Å². The standard InChI is InChI=1S/C13H18FNO4S/c1-4-5-6-15(3)20(18,19)10-7-9(2)12(14)11(8-10)13(16)17/h7-8H,4-6H2,1-3H3,(H,16,17). The summed E-state index contributed by atoms with van der Waals surface area (Å²) in [6.45, 7) is 3.61. The number of carboxylic acids is 1. The monoisotopic (exact) mass is 303 g/mol. The molecule has 0 aliphatic rings. The molecule has 1 rings (SSSR count). The van der Waals surface area contributed by atoms with Gasteiger partial charge >= 0.3 is 5.97 Å². The van der Waals surface area contributed by atoms with Gasteiger partial charge in [0.05, 0.1) is 10.5 Å². The van der Waals surface area contributed by atoms with Crippen LogP contribution in [0.25, 0.3) is 0 Å². The van der Waals surface area contributed by atoms with E-state index in [1.54, 1.807) is 0 Å². The molecule has 0 atom stereocenters. The Morgan fingerprint density at radius 1 is 1.40 bits per heavy atom. The van der Waals surface area contributed by atoms with Gasteiger partial charge in [0.15, 0.2) is 0 Å². The first-order valence-electron chi connectivity index (χ1n) is 6.21. The number of unbranched alkanes of at least 4 members (excludes halogenated alkanes) is 1. The number of hydrogen-bond donors (Lipinski definition) is 1. The van der Waals surface area contributed by atoms with Crippen molar-refractivity contribution in [2.75, 3.05) is 13.6 Å². The van der Waals surface area contributed by atoms with E-state index in [9.17, 15) is 17.6 Å². The van der Waals surface area contributed by atoms with Crippen molar-refractivity contribution in [1.82, 2.24) is 4.31 Å². The molecule has 1 aromatic rings. The molecule has 0 fully saturated rings. The molecule has 7 heteroatoms. The van der Waals surface area contributed by atoms with Gasteiger partial charge < -0.3 is 5.11 Å². The Morgan fingerprint density at radius 2 is 2.00 bits per heavy atom. The molecule has 0 saturated carbocycles. The lowest BCUT2D eigenvalue weighted by Gasteiger charge is -2.17. The van der Waals surface area contributed by atoms with Gasteiger partial charge in [-0.15, -0.1) is 0 Å². The summed E-state index contributed by atoms with van der Waals surface area (Å²) < 4.78 is 39.4. The highest BCUT2D eigenvalue weighted by Gasteiger charge is 2.24. The molecule has 20 heavy (non-hydrogen) atoms. The van der Waals surface area contributed by atoms with E-state index >= 15 is 0 Å². The van der Waals surface area contributed by atoms with Gasteiger partial charge in [-0.2, -0.15) is 0 Å². The molecule has 1 aromatic carbocycles. The van der Waals surface area contributed by atoms with E-state index in [0.29, 0.717) is 13.0 Å². The van der Waals surface area contributed by atoms with Crippen LogP contribution in [0.2, 0.25) is 0 Å². The SMILES string of the molecule is CCCCN(C)S(=O)(=O)c1cc(C)c(F)c(C(=O)O)c1. The maximum Gasteiger partial charge on any atom is 0.338 e. The minimum atomic E-state index is -3.80. The number of sulfonamides is 1. The second-order valence-corrected chi connectivity index (χ2v) is 6.63. The fourth-order valence-corrected chi connectivity index (χ4v) is 3.04. The largest absolute Gasteiger partial charge is 0.478 e. The fraction of sp³-hybridized carbons (Fsp3) is 0.462. The molecule has 0 heterocycles. The highest BCUT2D eigenvalue weighted by atomic mass is 32.2. The lowest BCUT2D eigenvalue weighted by molar-refractivity contribution is 0.0691. The Bertz CT molecular complexity index is 613. The molecule has 112 valence electrons. The van der Waals surface area contributed by atoms with E-state index in [2.05, 4.69) is 0 Å². The summed E-state index contributed by atoms with van der Waals surface area (Å²) in [5.41, 5.74) is -0.639. The van der Waals surface area contributed by atoms with E-state index < -0.39 is 27.4 Å². The number of benzene rings is 1. The molecule has 1 N–H and O–H groups in total. The average Bonchev–Trinajstić information content (AvgIpc) is 2.38. The van der Waals surface area contributed by atoms with Gasteiger partial charge in [-0.3, -0.25) is 0 Å². The Labute approximate surface area is 118 Å². The van der Waals surface area contributed by atoms with Crippen LogP contribution in [0.1, 0.15) is 35.7 Å². The third-order valence-electron chi connectivity index (χ3n) is 2.99. The summed E-state index contributed by atoms with van der Waals surface area (Å²) in [7, 11) is -2.38. The summed E-state index contributed by atoms with van der Waals surface area (Å²) in [4.78, 5) is 10.7. The number of halogens is 1. The highest BCUT2D eigenvalue weighted by Crippen LogP contribution is 2.22. The quantitative estimate of drug-likeness (QED) is 0.874. The topological polar surface area (TPSA) is 74.7 Å². The molecule has 0 bridgehead atoms. The maximum absolute atomic E-state index is 13.6. The third-order valence-corrected chi connectivity index (χ3v) is 4.83. The smallest absolute Gasteiger partial charge is 0.338 e. The van der Waals surface area contributed by atoms with Crippen LogP contribution in [-0.2, 0) is 10.0 Å². The lowest BCUT2D eigenvalue weighted by atomic mass is 10.1. The average molecular weight is 303 g/mol. The summed E-state index contributed by atoms with van der Waals surface area (Å²) in [6.07, 6.45) is 1.53. The van der Waals surface area contributed by atoms with Gasteiger partial charge in [0.2, 0.25) is 10.0 Å². The summed E-state index contributed by atoms with van der Waals surface area (Å²) in [6, 6.07) is 2.02. The Kier molecular flexibility index (Phi) is 5.24. The highest BCUT2D eigenvalue weighted by molar-refractivity contribution is 7.89. The molecule has 0 saturated heterocycles. The summed E-state index contributed by atoms with van der Waals surface area (Å²) in [5, 5.41) is 8.91. The van der Waals surface area contributed by atoms with E-state index in [-0.39, 0.29) is 10.5 Å². The van der Waals surface area contributed by atoms with Crippen molar-refractivity contribution in [2.45, 2.75) is 31.6 Å². The summed E-state index contributed by atoms with van der Waals surface area (Å²) in [5.74, 6) is -2.40. The minimum absolute atomic E-state index is 0.00707. The van der Waals surface area contributed by atoms with Crippen molar-refractivity contribution in [1.29, 1.82) is 0 Å². The first-order chi connectivity index (χ1) is 9.21. The van der Waals surface area contributed by atoms with E-state index in [1.165, 1.54) is 14.0 Å². The van der Waals surface area contributed by atoms with Crippen LogP contribution in [0.4, 0.5) is 4.39 Å². The number of aryl methyl sites for hydroxylation is 1. The minimum Gasteiger partial charge on any atom is -0.478 e. The number of carbonyl (C=O) groups is 1. The van der Waals surface area contributed by atoms with Gasteiger partial charge in [0, 0.05) is 13.6 Å². The van der Waals surface area contributed by atoms with Gasteiger partial charge in [-0.05, 0) is 31.0 Å². The van der Waals surface area contributed by atoms with Crippen LogP contribution >= 0.6 is 0 Å². The molecule has 0 spiro atoms. The second kappa shape index (κ2) is 6.32. The first-order valence-corrected chi connectivity index (χ1v) is 7.65. The van der Waals surface area contributed by atoms with Crippen LogP contribution in [0.15, 0.2) is 17.0 Å². The Hall–Kier alpha value is -1.47. The fourth-order valence-electron chi connectivity index (χ4n) is 1.72. The molecule has 0 amide bonds. The van der Waals surface area contributed by atoms with Gasteiger partial charge in [-0.1, -0.05) is 13.3 Å².